The quantitative estimate of drug-likeness (QED) is 0.705. The summed E-state index contributed by atoms with van der Waals surface area (Å²) in [6, 6.07) is 10.0. The van der Waals surface area contributed by atoms with Crippen molar-refractivity contribution in [1.82, 2.24) is 14.9 Å². The Bertz CT molecular complexity index is 782. The number of hydrogen-bond donors (Lipinski definition) is 0. The van der Waals surface area contributed by atoms with Gasteiger partial charge in [0.25, 0.3) is 5.91 Å². The van der Waals surface area contributed by atoms with E-state index in [1.165, 1.54) is 0 Å². The second-order valence-corrected chi connectivity index (χ2v) is 7.97. The SMILES string of the molecule is CCCN(C(=O)c1ccccc1Br)C1CCN(c2cc(C)nc(C)n2)CC1. The van der Waals surface area contributed by atoms with Crippen molar-refractivity contribution in [2.24, 2.45) is 0 Å². The summed E-state index contributed by atoms with van der Waals surface area (Å²) in [5.74, 6) is 1.93. The molecule has 3 rings (SSSR count). The van der Waals surface area contributed by atoms with Crippen molar-refractivity contribution in [3.05, 3.63) is 51.9 Å². The Morgan fingerprint density at radius 2 is 1.93 bits per heavy atom. The van der Waals surface area contributed by atoms with Crippen LogP contribution in [0.4, 0.5) is 5.82 Å². The molecule has 0 saturated carbocycles. The van der Waals surface area contributed by atoms with E-state index in [-0.39, 0.29) is 11.9 Å². The maximum absolute atomic E-state index is 13.2. The first-order valence-corrected chi connectivity index (χ1v) is 10.4. The van der Waals surface area contributed by atoms with Crippen LogP contribution in [0.5, 0.6) is 0 Å². The van der Waals surface area contributed by atoms with Gasteiger partial charge in [0.2, 0.25) is 0 Å². The van der Waals surface area contributed by atoms with Gasteiger partial charge in [0.1, 0.15) is 11.6 Å². The van der Waals surface area contributed by atoms with Gasteiger partial charge in [-0.25, -0.2) is 9.97 Å². The molecule has 0 N–H and O–H groups in total. The Morgan fingerprint density at radius 1 is 1.22 bits per heavy atom. The highest BCUT2D eigenvalue weighted by Crippen LogP contribution is 2.25. The third-order valence-corrected chi connectivity index (χ3v) is 5.70. The van der Waals surface area contributed by atoms with Crippen LogP contribution in [-0.2, 0) is 0 Å². The lowest BCUT2D eigenvalue weighted by Crippen LogP contribution is -2.48. The Morgan fingerprint density at radius 3 is 2.56 bits per heavy atom. The normalized spacial score (nSPS) is 15.0. The number of rotatable bonds is 5. The number of halogens is 1. The smallest absolute Gasteiger partial charge is 0.255 e. The van der Waals surface area contributed by atoms with Crippen molar-refractivity contribution in [3.63, 3.8) is 0 Å². The molecule has 1 aliphatic heterocycles. The standard InChI is InChI=1S/C21H27BrN4O/c1-4-11-26(21(27)18-7-5-6-8-19(18)22)17-9-12-25(13-10-17)20-14-15(2)23-16(3)24-20/h5-8,14,17H,4,9-13H2,1-3H3. The molecule has 1 aromatic heterocycles. The summed E-state index contributed by atoms with van der Waals surface area (Å²) in [6.07, 6.45) is 2.87. The molecule has 144 valence electrons. The Hall–Kier alpha value is -1.95. The second kappa shape index (κ2) is 8.83. The average molecular weight is 431 g/mol. The van der Waals surface area contributed by atoms with Crippen molar-refractivity contribution in [3.8, 4) is 0 Å². The molecule has 2 aromatic rings. The van der Waals surface area contributed by atoms with Crippen LogP contribution in [0.3, 0.4) is 0 Å². The van der Waals surface area contributed by atoms with Gasteiger partial charge in [-0.15, -0.1) is 0 Å². The molecular weight excluding hydrogens is 404 g/mol. The highest BCUT2D eigenvalue weighted by atomic mass is 79.9. The molecule has 1 amide bonds. The van der Waals surface area contributed by atoms with Crippen molar-refractivity contribution in [2.75, 3.05) is 24.5 Å². The number of amides is 1. The molecule has 5 nitrogen and oxygen atoms in total. The van der Waals surface area contributed by atoms with E-state index in [0.29, 0.717) is 0 Å². The van der Waals surface area contributed by atoms with E-state index in [1.54, 1.807) is 0 Å². The minimum atomic E-state index is 0.122. The van der Waals surface area contributed by atoms with Gasteiger partial charge in [-0.3, -0.25) is 4.79 Å². The summed E-state index contributed by atoms with van der Waals surface area (Å²) in [5, 5.41) is 0. The average Bonchev–Trinajstić information content (AvgIpc) is 2.65. The van der Waals surface area contributed by atoms with Gasteiger partial charge in [0, 0.05) is 41.9 Å². The Labute approximate surface area is 169 Å². The van der Waals surface area contributed by atoms with Gasteiger partial charge in [0.15, 0.2) is 0 Å². The molecule has 0 bridgehead atoms. The van der Waals surface area contributed by atoms with Gasteiger partial charge in [-0.05, 0) is 61.2 Å². The van der Waals surface area contributed by atoms with Gasteiger partial charge in [0.05, 0.1) is 5.56 Å². The number of piperidine rings is 1. The molecule has 0 atom stereocenters. The van der Waals surface area contributed by atoms with Crippen molar-refractivity contribution < 1.29 is 4.79 Å². The predicted octanol–water partition coefficient (Wildman–Crippen LogP) is 4.38. The van der Waals surface area contributed by atoms with Crippen LogP contribution in [0.1, 0.15) is 48.1 Å². The highest BCUT2D eigenvalue weighted by Gasteiger charge is 2.29. The van der Waals surface area contributed by atoms with Crippen molar-refractivity contribution >= 4 is 27.7 Å². The molecule has 1 aliphatic rings. The van der Waals surface area contributed by atoms with Crippen LogP contribution < -0.4 is 4.90 Å². The number of aryl methyl sites for hydroxylation is 2. The fourth-order valence-electron chi connectivity index (χ4n) is 3.75. The zero-order chi connectivity index (χ0) is 19.4. The second-order valence-electron chi connectivity index (χ2n) is 7.11. The predicted molar refractivity (Wildman–Crippen MR) is 112 cm³/mol. The fourth-order valence-corrected chi connectivity index (χ4v) is 4.20. The molecular formula is C21H27BrN4O. The van der Waals surface area contributed by atoms with Gasteiger partial charge in [-0.1, -0.05) is 19.1 Å². The fraction of sp³-hybridized carbons (Fsp3) is 0.476. The largest absolute Gasteiger partial charge is 0.356 e. The van der Waals surface area contributed by atoms with Crippen LogP contribution in [0, 0.1) is 13.8 Å². The van der Waals surface area contributed by atoms with Gasteiger partial charge < -0.3 is 9.80 Å². The molecule has 1 saturated heterocycles. The summed E-state index contributed by atoms with van der Waals surface area (Å²) in [7, 11) is 0. The summed E-state index contributed by atoms with van der Waals surface area (Å²) in [4.78, 5) is 26.5. The summed E-state index contributed by atoms with van der Waals surface area (Å²) in [6.45, 7) is 8.67. The Kier molecular flexibility index (Phi) is 6.47. The zero-order valence-electron chi connectivity index (χ0n) is 16.3. The number of hydrogen-bond acceptors (Lipinski definition) is 4. The minimum absolute atomic E-state index is 0.122. The van der Waals surface area contributed by atoms with E-state index in [2.05, 4.69) is 42.6 Å². The lowest BCUT2D eigenvalue weighted by Gasteiger charge is -2.39. The van der Waals surface area contributed by atoms with E-state index in [9.17, 15) is 4.79 Å². The third-order valence-electron chi connectivity index (χ3n) is 5.01. The molecule has 0 unspecified atom stereocenters. The number of carbonyl (C=O) groups is 1. The first kappa shape index (κ1) is 19.8. The van der Waals surface area contributed by atoms with Crippen LogP contribution in [0.15, 0.2) is 34.8 Å². The first-order chi connectivity index (χ1) is 13.0. The third kappa shape index (κ3) is 4.67. The van der Waals surface area contributed by atoms with E-state index >= 15 is 0 Å². The number of nitrogens with zero attached hydrogens (tertiary/aromatic N) is 4. The first-order valence-electron chi connectivity index (χ1n) is 9.62. The molecule has 0 spiro atoms. The molecule has 1 aromatic carbocycles. The van der Waals surface area contributed by atoms with Gasteiger partial charge in [-0.2, -0.15) is 0 Å². The van der Waals surface area contributed by atoms with E-state index < -0.39 is 0 Å². The monoisotopic (exact) mass is 430 g/mol. The van der Waals surface area contributed by atoms with Crippen LogP contribution >= 0.6 is 15.9 Å². The van der Waals surface area contributed by atoms with Crippen LogP contribution in [-0.4, -0.2) is 46.5 Å². The number of benzene rings is 1. The summed E-state index contributed by atoms with van der Waals surface area (Å²) >= 11 is 3.52. The van der Waals surface area contributed by atoms with Crippen molar-refractivity contribution in [2.45, 2.75) is 46.1 Å². The molecule has 0 aliphatic carbocycles. The number of aromatic nitrogens is 2. The highest BCUT2D eigenvalue weighted by molar-refractivity contribution is 9.10. The molecule has 27 heavy (non-hydrogen) atoms. The molecule has 1 fully saturated rings. The number of carbonyl (C=O) groups excluding carboxylic acids is 1. The molecule has 0 radical (unpaired) electrons. The van der Waals surface area contributed by atoms with E-state index in [1.807, 2.05) is 44.2 Å². The van der Waals surface area contributed by atoms with E-state index in [0.717, 1.165) is 66.3 Å². The molecule has 2 heterocycles. The maximum Gasteiger partial charge on any atom is 0.255 e. The lowest BCUT2D eigenvalue weighted by atomic mass is 10.0. The van der Waals surface area contributed by atoms with Crippen LogP contribution in [0.2, 0.25) is 0 Å². The molecule has 6 heteroatoms. The van der Waals surface area contributed by atoms with E-state index in [4.69, 9.17) is 0 Å². The number of anilines is 1. The zero-order valence-corrected chi connectivity index (χ0v) is 17.9. The summed E-state index contributed by atoms with van der Waals surface area (Å²) in [5.41, 5.74) is 1.74. The lowest BCUT2D eigenvalue weighted by molar-refractivity contribution is 0.0649. The Balaban J connectivity index is 1.72. The minimum Gasteiger partial charge on any atom is -0.356 e. The van der Waals surface area contributed by atoms with Crippen molar-refractivity contribution in [1.29, 1.82) is 0 Å². The van der Waals surface area contributed by atoms with Crippen LogP contribution in [0.25, 0.3) is 0 Å². The summed E-state index contributed by atoms with van der Waals surface area (Å²) < 4.78 is 0.862. The maximum atomic E-state index is 13.2. The van der Waals surface area contributed by atoms with Gasteiger partial charge >= 0.3 is 0 Å². The topological polar surface area (TPSA) is 49.3 Å².